The zero-order chi connectivity index (χ0) is 29.4. The van der Waals surface area contributed by atoms with Crippen molar-refractivity contribution in [2.45, 2.75) is 32.5 Å². The average molecular weight is 569 g/mol. The lowest BCUT2D eigenvalue weighted by atomic mass is 10.0. The summed E-state index contributed by atoms with van der Waals surface area (Å²) in [6.45, 7) is 7.93. The zero-order valence-electron chi connectivity index (χ0n) is 23.2. The first-order chi connectivity index (χ1) is 19.4. The van der Waals surface area contributed by atoms with Crippen LogP contribution in [-0.4, -0.2) is 64.5 Å². The fourth-order valence-electron chi connectivity index (χ4n) is 4.65. The molecule has 0 saturated carbocycles. The van der Waals surface area contributed by atoms with E-state index in [0.717, 1.165) is 23.5 Å². The molecule has 1 amide bonds. The molecule has 0 spiro atoms. The van der Waals surface area contributed by atoms with Gasteiger partial charge >= 0.3 is 12.3 Å². The molecule has 1 aliphatic heterocycles. The number of halogens is 3. The van der Waals surface area contributed by atoms with Crippen LogP contribution in [0.15, 0.2) is 60.8 Å². The van der Waals surface area contributed by atoms with Crippen molar-refractivity contribution < 1.29 is 27.4 Å². The number of pyridine rings is 1. The van der Waals surface area contributed by atoms with Crippen molar-refractivity contribution in [3.63, 3.8) is 0 Å². The Morgan fingerprint density at radius 3 is 2.39 bits per heavy atom. The Kier molecular flexibility index (Phi) is 7.41. The van der Waals surface area contributed by atoms with E-state index in [4.69, 9.17) is 9.47 Å². The Hall–Kier alpha value is -4.48. The molecule has 0 radical (unpaired) electrons. The van der Waals surface area contributed by atoms with Gasteiger partial charge in [0, 0.05) is 54.9 Å². The maximum Gasteiger partial charge on any atom is 0.416 e. The van der Waals surface area contributed by atoms with Crippen LogP contribution in [0, 0.1) is 0 Å². The third kappa shape index (κ3) is 6.31. The van der Waals surface area contributed by atoms with Crippen LogP contribution in [0.2, 0.25) is 0 Å². The number of methoxy groups -OCH3 is 1. The normalized spacial score (nSPS) is 14.3. The molecule has 4 aromatic rings. The van der Waals surface area contributed by atoms with Gasteiger partial charge in [-0.2, -0.15) is 18.2 Å². The number of aromatic nitrogens is 3. The van der Waals surface area contributed by atoms with Crippen molar-refractivity contribution in [1.82, 2.24) is 19.5 Å². The summed E-state index contributed by atoms with van der Waals surface area (Å²) in [4.78, 5) is 20.9. The lowest BCUT2D eigenvalue weighted by Crippen LogP contribution is -2.50. The number of nitrogens with one attached hydrogen (secondary N) is 1. The smallest absolute Gasteiger partial charge is 0.416 e. The molecule has 1 fully saturated rings. The molecule has 2 aromatic heterocycles. The van der Waals surface area contributed by atoms with Crippen LogP contribution in [0.5, 0.6) is 5.75 Å². The minimum atomic E-state index is -4.50. The predicted molar refractivity (Wildman–Crippen MR) is 150 cm³/mol. The molecule has 1 N–H and O–H groups in total. The Morgan fingerprint density at radius 1 is 0.951 bits per heavy atom. The van der Waals surface area contributed by atoms with Crippen molar-refractivity contribution in [1.29, 1.82) is 0 Å². The Bertz CT molecular complexity index is 1560. The standard InChI is InChI=1S/C29H31F3N6O3/c1-28(2,3)41-27(39)37-15-13-36(14-16-37)21-8-5-7-20(18-21)33-26-34-25-22(9-6-12-38(25)35-26)23-17-19(29(30,31)32)10-11-24(23)40-4/h5-12,17-18H,13-16H2,1-4H3,(H,33,35). The fraction of sp³-hybridized carbons (Fsp3) is 0.345. The largest absolute Gasteiger partial charge is 0.496 e. The molecule has 0 unspecified atom stereocenters. The van der Waals surface area contributed by atoms with Crippen molar-refractivity contribution in [3.8, 4) is 16.9 Å². The highest BCUT2D eigenvalue weighted by molar-refractivity contribution is 5.82. The number of alkyl halides is 3. The molecule has 2 aromatic carbocycles. The number of hydrogen-bond donors (Lipinski definition) is 1. The summed E-state index contributed by atoms with van der Waals surface area (Å²) in [5.74, 6) is 0.582. The summed E-state index contributed by atoms with van der Waals surface area (Å²) in [7, 11) is 1.41. The van der Waals surface area contributed by atoms with Gasteiger partial charge < -0.3 is 24.6 Å². The highest BCUT2D eigenvalue weighted by Crippen LogP contribution is 2.38. The van der Waals surface area contributed by atoms with Crippen molar-refractivity contribution >= 4 is 29.1 Å². The summed E-state index contributed by atoms with van der Waals surface area (Å²) < 4.78 is 52.7. The Labute approximate surface area is 235 Å². The molecule has 1 aliphatic rings. The molecule has 41 heavy (non-hydrogen) atoms. The SMILES string of the molecule is COc1ccc(C(F)(F)F)cc1-c1cccn2nc(Nc3cccc(N4CCN(C(=O)OC(C)(C)C)CC4)c3)nc12. The summed E-state index contributed by atoms with van der Waals surface area (Å²) in [5.41, 5.74) is 1.48. The minimum Gasteiger partial charge on any atom is -0.496 e. The van der Waals surface area contributed by atoms with E-state index in [-0.39, 0.29) is 17.6 Å². The fourth-order valence-corrected chi connectivity index (χ4v) is 4.65. The predicted octanol–water partition coefficient (Wildman–Crippen LogP) is 6.22. The van der Waals surface area contributed by atoms with Crippen LogP contribution >= 0.6 is 0 Å². The molecule has 0 atom stereocenters. The molecule has 1 saturated heterocycles. The van der Waals surface area contributed by atoms with Gasteiger partial charge in [0.1, 0.15) is 11.4 Å². The summed E-state index contributed by atoms with van der Waals surface area (Å²) >= 11 is 0. The van der Waals surface area contributed by atoms with Gasteiger partial charge in [-0.15, -0.1) is 5.10 Å². The highest BCUT2D eigenvalue weighted by Gasteiger charge is 2.32. The quantitative estimate of drug-likeness (QED) is 0.306. The number of carbonyl (C=O) groups excluding carboxylic acids is 1. The van der Waals surface area contributed by atoms with Gasteiger partial charge in [0.05, 0.1) is 12.7 Å². The van der Waals surface area contributed by atoms with Gasteiger partial charge in [-0.25, -0.2) is 9.31 Å². The average Bonchev–Trinajstić information content (AvgIpc) is 3.34. The van der Waals surface area contributed by atoms with Crippen molar-refractivity contribution in [3.05, 3.63) is 66.4 Å². The number of benzene rings is 2. The van der Waals surface area contributed by atoms with E-state index < -0.39 is 17.3 Å². The van der Waals surface area contributed by atoms with Gasteiger partial charge in [-0.05, 0) is 69.3 Å². The van der Waals surface area contributed by atoms with Crippen molar-refractivity contribution in [2.24, 2.45) is 0 Å². The second-order valence-corrected chi connectivity index (χ2v) is 10.7. The monoisotopic (exact) mass is 568 g/mol. The number of hydrogen-bond acceptors (Lipinski definition) is 7. The van der Waals surface area contributed by atoms with Crippen molar-refractivity contribution in [2.75, 3.05) is 43.5 Å². The van der Waals surface area contributed by atoms with Crippen LogP contribution in [0.4, 0.5) is 35.3 Å². The third-order valence-electron chi connectivity index (χ3n) is 6.58. The lowest BCUT2D eigenvalue weighted by molar-refractivity contribution is -0.137. The first kappa shape index (κ1) is 28.1. The first-order valence-corrected chi connectivity index (χ1v) is 13.1. The van der Waals surface area contributed by atoms with E-state index in [2.05, 4.69) is 20.3 Å². The highest BCUT2D eigenvalue weighted by atomic mass is 19.4. The summed E-state index contributed by atoms with van der Waals surface area (Å²) in [5, 5.41) is 7.68. The number of amides is 1. The number of rotatable bonds is 5. The van der Waals surface area contributed by atoms with Gasteiger partial charge in [0.25, 0.3) is 0 Å². The van der Waals surface area contributed by atoms with E-state index in [9.17, 15) is 18.0 Å². The molecule has 0 bridgehead atoms. The number of carbonyl (C=O) groups is 1. The summed E-state index contributed by atoms with van der Waals surface area (Å²) in [6, 6.07) is 14.5. The number of ether oxygens (including phenoxy) is 2. The van der Waals surface area contributed by atoms with Gasteiger partial charge in [-0.3, -0.25) is 0 Å². The molecule has 3 heterocycles. The molecule has 12 heteroatoms. The van der Waals surface area contributed by atoms with Crippen LogP contribution in [0.25, 0.3) is 16.8 Å². The Morgan fingerprint density at radius 2 is 1.71 bits per heavy atom. The topological polar surface area (TPSA) is 84.2 Å². The van der Waals surface area contributed by atoms with E-state index in [1.807, 2.05) is 45.0 Å². The third-order valence-corrected chi connectivity index (χ3v) is 6.58. The van der Waals surface area contributed by atoms with Crippen LogP contribution < -0.4 is 15.0 Å². The van der Waals surface area contributed by atoms with Gasteiger partial charge in [0.15, 0.2) is 5.65 Å². The lowest BCUT2D eigenvalue weighted by Gasteiger charge is -2.36. The van der Waals surface area contributed by atoms with Crippen LogP contribution in [-0.2, 0) is 10.9 Å². The molecule has 0 aliphatic carbocycles. The van der Waals surface area contributed by atoms with Gasteiger partial charge in [-0.1, -0.05) is 6.07 Å². The molecule has 216 valence electrons. The van der Waals surface area contributed by atoms with E-state index >= 15 is 0 Å². The number of piperazine rings is 1. The number of anilines is 3. The molecule has 5 rings (SSSR count). The van der Waals surface area contributed by atoms with E-state index in [1.54, 1.807) is 23.2 Å². The summed E-state index contributed by atoms with van der Waals surface area (Å²) in [6.07, 6.45) is -3.13. The Balaban J connectivity index is 1.35. The van der Waals surface area contributed by atoms with Crippen LogP contribution in [0.3, 0.4) is 0 Å². The van der Waals surface area contributed by atoms with E-state index in [1.165, 1.54) is 17.7 Å². The minimum absolute atomic E-state index is 0.263. The second-order valence-electron chi connectivity index (χ2n) is 10.7. The zero-order valence-corrected chi connectivity index (χ0v) is 23.2. The van der Waals surface area contributed by atoms with E-state index in [0.29, 0.717) is 43.1 Å². The van der Waals surface area contributed by atoms with Crippen LogP contribution in [0.1, 0.15) is 26.3 Å². The van der Waals surface area contributed by atoms with Gasteiger partial charge in [0.2, 0.25) is 5.95 Å². The molecular weight excluding hydrogens is 537 g/mol. The number of fused-ring (bicyclic) bond motifs is 1. The maximum absolute atomic E-state index is 13.4. The number of nitrogens with zero attached hydrogens (tertiary/aromatic N) is 5. The molecular formula is C29H31F3N6O3. The maximum atomic E-state index is 13.4. The second kappa shape index (κ2) is 10.8. The first-order valence-electron chi connectivity index (χ1n) is 13.1. The molecule has 9 nitrogen and oxygen atoms in total.